The van der Waals surface area contributed by atoms with Crippen LogP contribution in [0.25, 0.3) is 0 Å². The molecule has 1 aromatic carbocycles. The molecule has 2 rings (SSSR count). The van der Waals surface area contributed by atoms with Gasteiger partial charge in [-0.05, 0) is 23.8 Å². The Kier molecular flexibility index (Phi) is 3.43. The van der Waals surface area contributed by atoms with E-state index in [-0.39, 0.29) is 11.5 Å². The molecule has 4 N–H and O–H groups in total. The molecular formula is C13H13N3O2. The van der Waals surface area contributed by atoms with Gasteiger partial charge in [-0.25, -0.2) is 0 Å². The molecule has 5 heteroatoms. The zero-order valence-corrected chi connectivity index (χ0v) is 9.64. The number of carbonyl (C=O) groups is 1. The summed E-state index contributed by atoms with van der Waals surface area (Å²) in [7, 11) is 0. The number of benzene rings is 1. The molecular weight excluding hydrogens is 230 g/mol. The van der Waals surface area contributed by atoms with Crippen molar-refractivity contribution in [1.29, 1.82) is 0 Å². The monoisotopic (exact) mass is 243 g/mol. The smallest absolute Gasteiger partial charge is 0.251 e. The molecule has 0 aliphatic rings. The Morgan fingerprint density at radius 3 is 2.78 bits per heavy atom. The molecule has 92 valence electrons. The van der Waals surface area contributed by atoms with Crippen LogP contribution in [-0.4, -0.2) is 10.9 Å². The minimum Gasteiger partial charge on any atom is -0.399 e. The minimum atomic E-state index is -0.200. The summed E-state index contributed by atoms with van der Waals surface area (Å²) in [4.78, 5) is 25.2. The van der Waals surface area contributed by atoms with Crippen LogP contribution in [0.3, 0.4) is 0 Å². The lowest BCUT2D eigenvalue weighted by Crippen LogP contribution is -2.23. The molecule has 0 atom stereocenters. The van der Waals surface area contributed by atoms with E-state index in [1.165, 1.54) is 6.07 Å². The molecule has 0 fully saturated rings. The van der Waals surface area contributed by atoms with E-state index < -0.39 is 0 Å². The number of nitrogen functional groups attached to an aromatic ring is 1. The summed E-state index contributed by atoms with van der Waals surface area (Å²) >= 11 is 0. The molecule has 0 bridgehead atoms. The SMILES string of the molecule is Nc1cccc(C(=O)NCc2ccc(=O)[nH]c2)c1. The van der Waals surface area contributed by atoms with Gasteiger partial charge in [0.15, 0.2) is 0 Å². The summed E-state index contributed by atoms with van der Waals surface area (Å²) in [6, 6.07) is 9.84. The number of rotatable bonds is 3. The van der Waals surface area contributed by atoms with Crippen LogP contribution in [0.2, 0.25) is 0 Å². The Bertz CT molecular complexity index is 599. The first kappa shape index (κ1) is 11.9. The summed E-state index contributed by atoms with van der Waals surface area (Å²) in [6.45, 7) is 0.352. The van der Waals surface area contributed by atoms with Gasteiger partial charge in [-0.3, -0.25) is 9.59 Å². The second kappa shape index (κ2) is 5.18. The van der Waals surface area contributed by atoms with Crippen LogP contribution >= 0.6 is 0 Å². The number of hydrogen-bond donors (Lipinski definition) is 3. The second-order valence-corrected chi connectivity index (χ2v) is 3.87. The van der Waals surface area contributed by atoms with Gasteiger partial charge in [0.1, 0.15) is 0 Å². The van der Waals surface area contributed by atoms with Gasteiger partial charge in [0, 0.05) is 30.1 Å². The zero-order valence-electron chi connectivity index (χ0n) is 9.64. The van der Waals surface area contributed by atoms with E-state index in [1.807, 2.05) is 0 Å². The Hall–Kier alpha value is -2.56. The molecule has 18 heavy (non-hydrogen) atoms. The Labute approximate surface area is 104 Å². The maximum Gasteiger partial charge on any atom is 0.251 e. The van der Waals surface area contributed by atoms with Gasteiger partial charge in [-0.2, -0.15) is 0 Å². The van der Waals surface area contributed by atoms with Gasteiger partial charge in [-0.1, -0.05) is 12.1 Å². The Balaban J connectivity index is 2.00. The van der Waals surface area contributed by atoms with Crippen molar-refractivity contribution in [2.24, 2.45) is 0 Å². The van der Waals surface area contributed by atoms with E-state index in [0.717, 1.165) is 5.56 Å². The number of pyridine rings is 1. The quantitative estimate of drug-likeness (QED) is 0.699. The van der Waals surface area contributed by atoms with Crippen LogP contribution in [0.5, 0.6) is 0 Å². The molecule has 0 saturated heterocycles. The molecule has 5 nitrogen and oxygen atoms in total. The van der Waals surface area contributed by atoms with Gasteiger partial charge < -0.3 is 16.0 Å². The van der Waals surface area contributed by atoms with E-state index in [0.29, 0.717) is 17.8 Å². The standard InChI is InChI=1S/C13H13N3O2/c14-11-3-1-2-10(6-11)13(18)16-8-9-4-5-12(17)15-7-9/h1-7H,8,14H2,(H,15,17)(H,16,18). The fourth-order valence-corrected chi connectivity index (χ4v) is 1.52. The average molecular weight is 243 g/mol. The molecule has 0 aliphatic heterocycles. The number of H-pyrrole nitrogens is 1. The van der Waals surface area contributed by atoms with Crippen molar-refractivity contribution in [3.05, 3.63) is 64.1 Å². The first-order chi connectivity index (χ1) is 8.65. The summed E-state index contributed by atoms with van der Waals surface area (Å²) in [5.41, 5.74) is 7.32. The number of aromatic nitrogens is 1. The van der Waals surface area contributed by atoms with Gasteiger partial charge in [0.25, 0.3) is 5.91 Å². The third-order valence-corrected chi connectivity index (χ3v) is 2.45. The molecule has 0 unspecified atom stereocenters. The van der Waals surface area contributed by atoms with Crippen LogP contribution < -0.4 is 16.6 Å². The predicted octanol–water partition coefficient (Wildman–Crippen LogP) is 0.887. The lowest BCUT2D eigenvalue weighted by Gasteiger charge is -2.05. The van der Waals surface area contributed by atoms with Crippen molar-refractivity contribution >= 4 is 11.6 Å². The number of nitrogens with one attached hydrogen (secondary N) is 2. The van der Waals surface area contributed by atoms with Crippen LogP contribution in [0, 0.1) is 0 Å². The largest absolute Gasteiger partial charge is 0.399 e. The molecule has 1 heterocycles. The van der Waals surface area contributed by atoms with E-state index in [1.54, 1.807) is 36.5 Å². The highest BCUT2D eigenvalue weighted by Gasteiger charge is 2.04. The maximum absolute atomic E-state index is 11.8. The molecule has 1 amide bonds. The van der Waals surface area contributed by atoms with Crippen molar-refractivity contribution < 1.29 is 4.79 Å². The Morgan fingerprint density at radius 2 is 2.11 bits per heavy atom. The lowest BCUT2D eigenvalue weighted by molar-refractivity contribution is 0.0951. The van der Waals surface area contributed by atoms with Crippen molar-refractivity contribution in [2.45, 2.75) is 6.54 Å². The highest BCUT2D eigenvalue weighted by atomic mass is 16.1. The third-order valence-electron chi connectivity index (χ3n) is 2.45. The normalized spacial score (nSPS) is 10.0. The van der Waals surface area contributed by atoms with Crippen molar-refractivity contribution in [1.82, 2.24) is 10.3 Å². The highest BCUT2D eigenvalue weighted by molar-refractivity contribution is 5.94. The fraction of sp³-hybridized carbons (Fsp3) is 0.0769. The minimum absolute atomic E-state index is 0.166. The first-order valence-corrected chi connectivity index (χ1v) is 5.46. The van der Waals surface area contributed by atoms with Crippen molar-refractivity contribution in [3.63, 3.8) is 0 Å². The van der Waals surface area contributed by atoms with Gasteiger partial charge in [-0.15, -0.1) is 0 Å². The van der Waals surface area contributed by atoms with E-state index in [9.17, 15) is 9.59 Å². The second-order valence-electron chi connectivity index (χ2n) is 3.87. The van der Waals surface area contributed by atoms with Crippen LogP contribution in [0.1, 0.15) is 15.9 Å². The van der Waals surface area contributed by atoms with Crippen LogP contribution in [0.15, 0.2) is 47.4 Å². The number of anilines is 1. The molecule has 0 saturated carbocycles. The number of hydrogen-bond acceptors (Lipinski definition) is 3. The molecule has 0 radical (unpaired) electrons. The highest BCUT2D eigenvalue weighted by Crippen LogP contribution is 2.06. The van der Waals surface area contributed by atoms with E-state index in [2.05, 4.69) is 10.3 Å². The molecule has 2 aromatic rings. The summed E-state index contributed by atoms with van der Waals surface area (Å²) < 4.78 is 0. The third kappa shape index (κ3) is 2.98. The number of carbonyl (C=O) groups excluding carboxylic acids is 1. The van der Waals surface area contributed by atoms with E-state index in [4.69, 9.17) is 5.73 Å². The fourth-order valence-electron chi connectivity index (χ4n) is 1.52. The molecule has 1 aromatic heterocycles. The lowest BCUT2D eigenvalue weighted by atomic mass is 10.2. The van der Waals surface area contributed by atoms with Crippen LogP contribution in [-0.2, 0) is 6.54 Å². The topological polar surface area (TPSA) is 88.0 Å². The van der Waals surface area contributed by atoms with Gasteiger partial charge in [0.05, 0.1) is 0 Å². The van der Waals surface area contributed by atoms with Crippen LogP contribution in [0.4, 0.5) is 5.69 Å². The van der Waals surface area contributed by atoms with Crippen molar-refractivity contribution in [3.8, 4) is 0 Å². The summed E-state index contributed by atoms with van der Waals surface area (Å²) in [6.07, 6.45) is 1.57. The number of amides is 1. The van der Waals surface area contributed by atoms with Gasteiger partial charge >= 0.3 is 0 Å². The maximum atomic E-state index is 11.8. The zero-order chi connectivity index (χ0) is 13.0. The van der Waals surface area contributed by atoms with E-state index >= 15 is 0 Å². The van der Waals surface area contributed by atoms with Crippen molar-refractivity contribution in [2.75, 3.05) is 5.73 Å². The number of aromatic amines is 1. The van der Waals surface area contributed by atoms with Gasteiger partial charge in [0.2, 0.25) is 5.56 Å². The first-order valence-electron chi connectivity index (χ1n) is 5.46. The predicted molar refractivity (Wildman–Crippen MR) is 69.1 cm³/mol. The number of nitrogens with two attached hydrogens (primary N) is 1. The Morgan fingerprint density at radius 1 is 1.28 bits per heavy atom. The summed E-state index contributed by atoms with van der Waals surface area (Å²) in [5, 5.41) is 2.75. The average Bonchev–Trinajstić information content (AvgIpc) is 2.38. The summed E-state index contributed by atoms with van der Waals surface area (Å²) in [5.74, 6) is -0.200. The molecule has 0 spiro atoms. The molecule has 0 aliphatic carbocycles.